The first-order valence-corrected chi connectivity index (χ1v) is 13.0. The molecule has 1 aliphatic carbocycles. The SMILES string of the molecule is COC(=O)c1ccc(CCCC2C(=O)C(F)(F)C[C@@H]2C=C[C@@H](O)[C@@H](C)CCCc2ccccc2)s1. The van der Waals surface area contributed by atoms with E-state index in [-0.39, 0.29) is 5.92 Å². The minimum atomic E-state index is -3.33. The number of esters is 1. The lowest BCUT2D eigenvalue weighted by Crippen LogP contribution is -2.25. The molecule has 0 bridgehead atoms. The number of benzene rings is 1. The summed E-state index contributed by atoms with van der Waals surface area (Å²) in [5.74, 6) is -6.08. The lowest BCUT2D eigenvalue weighted by molar-refractivity contribution is -0.141. The van der Waals surface area contributed by atoms with Crippen molar-refractivity contribution < 1.29 is 28.2 Å². The second kappa shape index (κ2) is 12.5. The van der Waals surface area contributed by atoms with Gasteiger partial charge in [0.25, 0.3) is 0 Å². The van der Waals surface area contributed by atoms with Crippen LogP contribution >= 0.6 is 11.3 Å². The normalized spacial score (nSPS) is 21.3. The molecule has 0 amide bonds. The van der Waals surface area contributed by atoms with Gasteiger partial charge in [0, 0.05) is 17.2 Å². The fourth-order valence-electron chi connectivity index (χ4n) is 4.66. The van der Waals surface area contributed by atoms with E-state index in [1.165, 1.54) is 24.0 Å². The molecular weight excluding hydrogens is 470 g/mol. The number of ketones is 1. The summed E-state index contributed by atoms with van der Waals surface area (Å²) in [4.78, 5) is 25.4. The van der Waals surface area contributed by atoms with Crippen LogP contribution in [-0.2, 0) is 22.4 Å². The van der Waals surface area contributed by atoms with Crippen LogP contribution in [0.15, 0.2) is 54.6 Å². The topological polar surface area (TPSA) is 63.6 Å². The highest BCUT2D eigenvalue weighted by Gasteiger charge is 2.53. The van der Waals surface area contributed by atoms with Crippen LogP contribution < -0.4 is 0 Å². The van der Waals surface area contributed by atoms with Gasteiger partial charge in [-0.15, -0.1) is 11.3 Å². The third-order valence-electron chi connectivity index (χ3n) is 6.80. The van der Waals surface area contributed by atoms with E-state index in [2.05, 4.69) is 12.1 Å². The zero-order valence-corrected chi connectivity index (χ0v) is 21.1. The number of aryl methyl sites for hydroxylation is 2. The predicted octanol–water partition coefficient (Wildman–Crippen LogP) is 6.27. The molecule has 1 aromatic heterocycles. The minimum Gasteiger partial charge on any atom is -0.465 e. The van der Waals surface area contributed by atoms with Crippen LogP contribution in [0.1, 0.15) is 59.1 Å². The number of ether oxygens (including phenoxy) is 1. The number of alkyl halides is 2. The van der Waals surface area contributed by atoms with Gasteiger partial charge in [-0.1, -0.05) is 49.4 Å². The molecule has 0 radical (unpaired) electrons. The van der Waals surface area contributed by atoms with Crippen LogP contribution in [-0.4, -0.2) is 36.0 Å². The maximum Gasteiger partial charge on any atom is 0.348 e. The zero-order chi connectivity index (χ0) is 25.4. The highest BCUT2D eigenvalue weighted by Crippen LogP contribution is 2.43. The number of thiophene rings is 1. The summed E-state index contributed by atoms with van der Waals surface area (Å²) in [6.45, 7) is 1.95. The van der Waals surface area contributed by atoms with Gasteiger partial charge in [0.15, 0.2) is 0 Å². The van der Waals surface area contributed by atoms with E-state index in [4.69, 9.17) is 4.74 Å². The molecule has 35 heavy (non-hydrogen) atoms. The summed E-state index contributed by atoms with van der Waals surface area (Å²) in [5.41, 5.74) is 1.25. The van der Waals surface area contributed by atoms with Crippen LogP contribution in [0.25, 0.3) is 0 Å². The Balaban J connectivity index is 1.51. The lowest BCUT2D eigenvalue weighted by Gasteiger charge is -2.18. The standard InChI is InChI=1S/C28H34F2O4S/c1-19(8-6-11-20-9-4-3-5-10-20)24(31)16-14-21-18-28(29,30)26(32)23(21)13-7-12-22-15-17-25(35-22)27(33)34-2/h3-5,9-10,14-17,19,21,23-24,31H,6-8,11-13,18H2,1-2H3/t19-,21-,23?,24+/m0/s1. The molecule has 1 heterocycles. The fraction of sp³-hybridized carbons (Fsp3) is 0.500. The first-order chi connectivity index (χ1) is 16.7. The van der Waals surface area contributed by atoms with E-state index in [0.717, 1.165) is 24.1 Å². The number of hydrogen-bond donors (Lipinski definition) is 1. The van der Waals surface area contributed by atoms with E-state index < -0.39 is 42.0 Å². The average Bonchev–Trinajstić information content (AvgIpc) is 3.40. The molecule has 0 spiro atoms. The molecule has 1 saturated carbocycles. The van der Waals surface area contributed by atoms with Crippen molar-refractivity contribution in [3.05, 3.63) is 69.9 Å². The van der Waals surface area contributed by atoms with Gasteiger partial charge in [0.05, 0.1) is 13.2 Å². The molecule has 1 unspecified atom stereocenters. The number of carbonyl (C=O) groups is 2. The molecule has 190 valence electrons. The van der Waals surface area contributed by atoms with E-state index in [1.54, 1.807) is 18.2 Å². The summed E-state index contributed by atoms with van der Waals surface area (Å²) in [5, 5.41) is 10.6. The summed E-state index contributed by atoms with van der Waals surface area (Å²) < 4.78 is 33.2. The number of Topliss-reactive ketones (excluding diaryl/α,β-unsaturated/α-hetero) is 1. The van der Waals surface area contributed by atoms with E-state index >= 15 is 0 Å². The Kier molecular flexibility index (Phi) is 9.75. The van der Waals surface area contributed by atoms with Crippen molar-refractivity contribution in [1.29, 1.82) is 0 Å². The molecule has 2 aromatic rings. The first kappa shape index (κ1) is 27.2. The number of allylic oxidation sites excluding steroid dienone is 1. The maximum absolute atomic E-state index is 14.2. The van der Waals surface area contributed by atoms with Gasteiger partial charge >= 0.3 is 11.9 Å². The van der Waals surface area contributed by atoms with Crippen LogP contribution in [0.2, 0.25) is 0 Å². The third kappa shape index (κ3) is 7.55. The molecule has 4 nitrogen and oxygen atoms in total. The first-order valence-electron chi connectivity index (χ1n) is 12.2. The zero-order valence-electron chi connectivity index (χ0n) is 20.3. The Bertz CT molecular complexity index is 1000. The second-order valence-corrected chi connectivity index (χ2v) is 10.6. The molecule has 1 aliphatic rings. The van der Waals surface area contributed by atoms with Gasteiger partial charge in [0.1, 0.15) is 4.88 Å². The Morgan fingerprint density at radius 3 is 2.66 bits per heavy atom. The highest BCUT2D eigenvalue weighted by atomic mass is 32.1. The summed E-state index contributed by atoms with van der Waals surface area (Å²) >= 11 is 1.32. The maximum atomic E-state index is 14.2. The predicted molar refractivity (Wildman–Crippen MR) is 134 cm³/mol. The van der Waals surface area contributed by atoms with Crippen LogP contribution in [0.5, 0.6) is 0 Å². The fourth-order valence-corrected chi connectivity index (χ4v) is 5.63. The van der Waals surface area contributed by atoms with E-state index in [1.807, 2.05) is 31.2 Å². The minimum absolute atomic E-state index is 0.00568. The molecule has 7 heteroatoms. The van der Waals surface area contributed by atoms with E-state index in [9.17, 15) is 23.5 Å². The Labute approximate surface area is 210 Å². The van der Waals surface area contributed by atoms with Crippen LogP contribution in [0.3, 0.4) is 0 Å². The van der Waals surface area contributed by atoms with Gasteiger partial charge < -0.3 is 9.84 Å². The number of hydrogen-bond acceptors (Lipinski definition) is 5. The van der Waals surface area contributed by atoms with Gasteiger partial charge in [-0.05, 0) is 68.1 Å². The summed E-state index contributed by atoms with van der Waals surface area (Å²) in [7, 11) is 1.32. The molecule has 0 aliphatic heterocycles. The molecule has 3 rings (SSSR count). The number of rotatable bonds is 12. The highest BCUT2D eigenvalue weighted by molar-refractivity contribution is 7.13. The lowest BCUT2D eigenvalue weighted by atomic mass is 9.88. The molecule has 1 aromatic carbocycles. The van der Waals surface area contributed by atoms with Gasteiger partial charge in [-0.2, -0.15) is 8.78 Å². The van der Waals surface area contributed by atoms with Crippen molar-refractivity contribution in [3.8, 4) is 0 Å². The largest absolute Gasteiger partial charge is 0.465 e. The molecular formula is C28H34F2O4S. The number of halogens is 2. The van der Waals surface area contributed by atoms with Crippen molar-refractivity contribution in [1.82, 2.24) is 0 Å². The smallest absolute Gasteiger partial charge is 0.348 e. The van der Waals surface area contributed by atoms with Crippen LogP contribution in [0, 0.1) is 17.8 Å². The van der Waals surface area contributed by atoms with Crippen LogP contribution in [0.4, 0.5) is 8.78 Å². The molecule has 1 N–H and O–H groups in total. The Hall–Kier alpha value is -2.38. The average molecular weight is 505 g/mol. The van der Waals surface area contributed by atoms with Crippen molar-refractivity contribution in [2.75, 3.05) is 7.11 Å². The third-order valence-corrected chi connectivity index (χ3v) is 7.92. The Morgan fingerprint density at radius 2 is 1.94 bits per heavy atom. The van der Waals surface area contributed by atoms with Gasteiger partial charge in [-0.25, -0.2) is 4.79 Å². The number of aliphatic hydroxyl groups excluding tert-OH is 1. The molecule has 4 atom stereocenters. The van der Waals surface area contributed by atoms with Crippen molar-refractivity contribution in [2.24, 2.45) is 17.8 Å². The number of methoxy groups -OCH3 is 1. The Morgan fingerprint density at radius 1 is 1.20 bits per heavy atom. The van der Waals surface area contributed by atoms with Crippen molar-refractivity contribution in [3.63, 3.8) is 0 Å². The number of carbonyl (C=O) groups excluding carboxylic acids is 2. The molecule has 0 saturated heterocycles. The van der Waals surface area contributed by atoms with E-state index in [0.29, 0.717) is 24.1 Å². The quantitative estimate of drug-likeness (QED) is 0.273. The summed E-state index contributed by atoms with van der Waals surface area (Å²) in [6.07, 6.45) is 6.17. The van der Waals surface area contributed by atoms with Gasteiger partial charge in [-0.3, -0.25) is 4.79 Å². The summed E-state index contributed by atoms with van der Waals surface area (Å²) in [6, 6.07) is 13.7. The second-order valence-electron chi connectivity index (χ2n) is 9.42. The van der Waals surface area contributed by atoms with Gasteiger partial charge in [0.2, 0.25) is 5.78 Å². The van der Waals surface area contributed by atoms with Crippen molar-refractivity contribution in [2.45, 2.75) is 63.9 Å². The van der Waals surface area contributed by atoms with Crippen molar-refractivity contribution >= 4 is 23.1 Å². The monoisotopic (exact) mass is 504 g/mol. The molecule has 1 fully saturated rings. The number of aliphatic hydroxyl groups is 1.